The maximum Gasteiger partial charge on any atom is 0.409 e. The maximum atomic E-state index is 14.8. The van der Waals surface area contributed by atoms with Crippen molar-refractivity contribution in [3.05, 3.63) is 36.5 Å². The lowest BCUT2D eigenvalue weighted by Crippen LogP contribution is -2.40. The van der Waals surface area contributed by atoms with Crippen molar-refractivity contribution in [2.24, 2.45) is 5.92 Å². The number of hydrogen-bond donors (Lipinski definition) is 0. The summed E-state index contributed by atoms with van der Waals surface area (Å²) in [6.07, 6.45) is 8.95. The predicted molar refractivity (Wildman–Crippen MR) is 129 cm³/mol. The summed E-state index contributed by atoms with van der Waals surface area (Å²) in [6, 6.07) is 3.72. The van der Waals surface area contributed by atoms with Crippen LogP contribution in [-0.4, -0.2) is 70.4 Å². The summed E-state index contributed by atoms with van der Waals surface area (Å²) in [5, 5.41) is 5.98. The Morgan fingerprint density at radius 3 is 2.63 bits per heavy atom. The smallest absolute Gasteiger partial charge is 0.409 e. The molecule has 0 radical (unpaired) electrons. The highest BCUT2D eigenvalue weighted by molar-refractivity contribution is 8.00. The Bertz CT molecular complexity index is 1350. The van der Waals surface area contributed by atoms with E-state index in [4.69, 9.17) is 4.74 Å². The highest BCUT2D eigenvalue weighted by Gasteiger charge is 2.27. The number of carbonyl (C=O) groups excluding carboxylic acids is 1. The van der Waals surface area contributed by atoms with Crippen LogP contribution in [0.1, 0.15) is 32.1 Å². The Balaban J connectivity index is 1.27. The molecule has 0 unspecified atom stereocenters. The molecule has 5 rings (SSSR count). The number of aromatic nitrogens is 4. The number of amides is 1. The van der Waals surface area contributed by atoms with Crippen LogP contribution in [0.5, 0.6) is 0 Å². The number of piperidine rings is 1. The standard InChI is InChI=1S/C23H26FN5O4S2/c1-35(31,32)17-5-6-20(19(24)11-17)29-21-18(12-27-29)22(26-14-25-21)34-16-7-9-28(10-8-16)23(30)33-13-15-3-2-4-15/h5-6,11-12,14-16H,2-4,7-10,13H2,1H3. The van der Waals surface area contributed by atoms with Crippen LogP contribution >= 0.6 is 11.8 Å². The number of hydrogen-bond acceptors (Lipinski definition) is 8. The number of thioether (sulfide) groups is 1. The van der Waals surface area contributed by atoms with Gasteiger partial charge in [-0.3, -0.25) is 0 Å². The van der Waals surface area contributed by atoms with Gasteiger partial charge >= 0.3 is 6.09 Å². The normalized spacial score (nSPS) is 17.5. The molecular weight excluding hydrogens is 493 g/mol. The second-order valence-electron chi connectivity index (χ2n) is 9.04. The second kappa shape index (κ2) is 9.73. The molecular formula is C23H26FN5O4S2. The third-order valence-corrected chi connectivity index (χ3v) is 9.01. The number of fused-ring (bicyclic) bond motifs is 1. The zero-order chi connectivity index (χ0) is 24.6. The fourth-order valence-electron chi connectivity index (χ4n) is 4.24. The van der Waals surface area contributed by atoms with Crippen molar-refractivity contribution in [3.63, 3.8) is 0 Å². The molecule has 9 nitrogen and oxygen atoms in total. The van der Waals surface area contributed by atoms with Gasteiger partial charge in [-0.15, -0.1) is 11.8 Å². The Morgan fingerprint density at radius 1 is 1.20 bits per heavy atom. The molecule has 2 fully saturated rings. The maximum absolute atomic E-state index is 14.8. The average Bonchev–Trinajstić information content (AvgIpc) is 3.23. The zero-order valence-corrected chi connectivity index (χ0v) is 20.9. The van der Waals surface area contributed by atoms with E-state index >= 15 is 0 Å². The van der Waals surface area contributed by atoms with Crippen LogP contribution in [0, 0.1) is 11.7 Å². The fourth-order valence-corrected chi connectivity index (χ4v) is 6.01. The van der Waals surface area contributed by atoms with Crippen molar-refractivity contribution in [2.75, 3.05) is 26.0 Å². The molecule has 1 saturated carbocycles. The first-order chi connectivity index (χ1) is 16.8. The highest BCUT2D eigenvalue weighted by atomic mass is 32.2. The molecule has 1 amide bonds. The number of rotatable bonds is 6. The quantitative estimate of drug-likeness (QED) is 0.452. The Morgan fingerprint density at radius 2 is 1.97 bits per heavy atom. The van der Waals surface area contributed by atoms with E-state index in [2.05, 4.69) is 15.1 Å². The van der Waals surface area contributed by atoms with E-state index in [1.807, 2.05) is 0 Å². The third kappa shape index (κ3) is 5.13. The molecule has 0 bridgehead atoms. The van der Waals surface area contributed by atoms with Gasteiger partial charge in [-0.25, -0.2) is 32.3 Å². The molecule has 2 aliphatic rings. The van der Waals surface area contributed by atoms with Gasteiger partial charge in [-0.2, -0.15) is 5.10 Å². The van der Waals surface area contributed by atoms with Crippen molar-refractivity contribution < 1.29 is 22.3 Å². The summed E-state index contributed by atoms with van der Waals surface area (Å²) < 4.78 is 45.0. The van der Waals surface area contributed by atoms with Crippen LogP contribution in [0.3, 0.4) is 0 Å². The molecule has 35 heavy (non-hydrogen) atoms. The Labute approximate surface area is 207 Å². The molecule has 186 valence electrons. The molecule has 1 aromatic carbocycles. The number of halogens is 1. The van der Waals surface area contributed by atoms with E-state index in [0.717, 1.165) is 43.0 Å². The summed E-state index contributed by atoms with van der Waals surface area (Å²) in [7, 11) is -3.52. The van der Waals surface area contributed by atoms with E-state index in [9.17, 15) is 17.6 Å². The largest absolute Gasteiger partial charge is 0.449 e. The third-order valence-electron chi connectivity index (χ3n) is 6.55. The van der Waals surface area contributed by atoms with Crippen molar-refractivity contribution in [1.82, 2.24) is 24.6 Å². The van der Waals surface area contributed by atoms with Crippen molar-refractivity contribution >= 4 is 38.7 Å². The minimum absolute atomic E-state index is 0.0978. The zero-order valence-electron chi connectivity index (χ0n) is 19.3. The Hall–Kier alpha value is -2.73. The van der Waals surface area contributed by atoms with Crippen molar-refractivity contribution in [3.8, 4) is 5.69 Å². The molecule has 1 aliphatic carbocycles. The summed E-state index contributed by atoms with van der Waals surface area (Å²) >= 11 is 1.60. The number of carbonyl (C=O) groups is 1. The lowest BCUT2D eigenvalue weighted by Gasteiger charge is -2.32. The Kier molecular flexibility index (Phi) is 6.67. The molecule has 2 aromatic heterocycles. The van der Waals surface area contributed by atoms with E-state index < -0.39 is 15.7 Å². The van der Waals surface area contributed by atoms with E-state index in [0.29, 0.717) is 36.6 Å². The lowest BCUT2D eigenvalue weighted by atomic mass is 9.86. The van der Waals surface area contributed by atoms with Gasteiger partial charge in [0.2, 0.25) is 0 Å². The minimum atomic E-state index is -3.52. The van der Waals surface area contributed by atoms with Gasteiger partial charge in [0.15, 0.2) is 15.5 Å². The van der Waals surface area contributed by atoms with Crippen LogP contribution < -0.4 is 0 Å². The molecule has 12 heteroatoms. The first-order valence-electron chi connectivity index (χ1n) is 11.6. The number of nitrogens with zero attached hydrogens (tertiary/aromatic N) is 5. The van der Waals surface area contributed by atoms with Crippen LogP contribution in [0.15, 0.2) is 40.6 Å². The number of sulfone groups is 1. The van der Waals surface area contributed by atoms with Gasteiger partial charge in [0.05, 0.1) is 23.1 Å². The molecule has 1 aliphatic heterocycles. The summed E-state index contributed by atoms with van der Waals surface area (Å²) in [6.45, 7) is 1.78. The molecule has 1 saturated heterocycles. The van der Waals surface area contributed by atoms with Gasteiger partial charge < -0.3 is 9.64 Å². The summed E-state index contributed by atoms with van der Waals surface area (Å²) in [5.74, 6) is -0.179. The molecule has 0 spiro atoms. The number of ether oxygens (including phenoxy) is 1. The van der Waals surface area contributed by atoms with Crippen LogP contribution in [0.25, 0.3) is 16.7 Å². The first kappa shape index (κ1) is 24.0. The molecule has 0 N–H and O–H groups in total. The van der Waals surface area contributed by atoms with Crippen molar-refractivity contribution in [2.45, 2.75) is 47.3 Å². The van der Waals surface area contributed by atoms with Crippen molar-refractivity contribution in [1.29, 1.82) is 0 Å². The number of likely N-dealkylation sites (tertiary alicyclic amines) is 1. The second-order valence-corrected chi connectivity index (χ2v) is 12.3. The molecule has 0 atom stereocenters. The van der Waals surface area contributed by atoms with Gasteiger partial charge in [0.25, 0.3) is 0 Å². The highest BCUT2D eigenvalue weighted by Crippen LogP contribution is 2.34. The van der Waals surface area contributed by atoms with Crippen LogP contribution in [-0.2, 0) is 14.6 Å². The topological polar surface area (TPSA) is 107 Å². The van der Waals surface area contributed by atoms with Crippen LogP contribution in [0.4, 0.5) is 9.18 Å². The predicted octanol–water partition coefficient (Wildman–Crippen LogP) is 3.85. The molecule has 3 aromatic rings. The van der Waals surface area contributed by atoms with Gasteiger partial charge in [-0.05, 0) is 49.8 Å². The van der Waals surface area contributed by atoms with E-state index in [1.54, 1.807) is 22.9 Å². The fraction of sp³-hybridized carbons (Fsp3) is 0.478. The van der Waals surface area contributed by atoms with Gasteiger partial charge in [-0.1, -0.05) is 6.42 Å². The summed E-state index contributed by atoms with van der Waals surface area (Å²) in [5.41, 5.74) is 0.543. The average molecular weight is 520 g/mol. The van der Waals surface area contributed by atoms with Crippen LogP contribution in [0.2, 0.25) is 0 Å². The SMILES string of the molecule is CS(=O)(=O)c1ccc(-n2ncc3c(SC4CCN(C(=O)OCC5CCC5)CC4)ncnc32)c(F)c1. The first-order valence-corrected chi connectivity index (χ1v) is 14.3. The lowest BCUT2D eigenvalue weighted by molar-refractivity contribution is 0.0674. The van der Waals surface area contributed by atoms with Gasteiger partial charge in [0.1, 0.15) is 22.9 Å². The van der Waals surface area contributed by atoms with E-state index in [1.165, 1.54) is 29.6 Å². The monoisotopic (exact) mass is 519 g/mol. The number of benzene rings is 1. The van der Waals surface area contributed by atoms with E-state index in [-0.39, 0.29) is 21.9 Å². The summed E-state index contributed by atoms with van der Waals surface area (Å²) in [4.78, 5) is 22.7. The minimum Gasteiger partial charge on any atom is -0.449 e. The molecule has 3 heterocycles. The van der Waals surface area contributed by atoms with Gasteiger partial charge in [0, 0.05) is 24.6 Å².